The average molecular weight is 176 g/mol. The standard InChI is InChI=1S/C7H16N2OS/c1-8-7(10)3-4-9(2)5-6-11/h11H,3-6H2,1-2H3,(H,8,10). The Morgan fingerprint density at radius 2 is 2.18 bits per heavy atom. The topological polar surface area (TPSA) is 32.3 Å². The maximum absolute atomic E-state index is 10.8. The molecule has 0 radical (unpaired) electrons. The molecule has 0 aromatic rings. The minimum Gasteiger partial charge on any atom is -0.359 e. The summed E-state index contributed by atoms with van der Waals surface area (Å²) in [7, 11) is 3.64. The van der Waals surface area contributed by atoms with E-state index in [0.717, 1.165) is 18.8 Å². The van der Waals surface area contributed by atoms with Crippen molar-refractivity contribution in [2.24, 2.45) is 0 Å². The predicted octanol–water partition coefficient (Wildman–Crippen LogP) is -0.0159. The average Bonchev–Trinajstić information content (AvgIpc) is 2.01. The van der Waals surface area contributed by atoms with E-state index in [0.29, 0.717) is 6.42 Å². The third kappa shape index (κ3) is 6.19. The Morgan fingerprint density at radius 1 is 1.55 bits per heavy atom. The van der Waals surface area contributed by atoms with Crippen molar-refractivity contribution in [3.05, 3.63) is 0 Å². The van der Waals surface area contributed by atoms with Crippen molar-refractivity contribution in [1.82, 2.24) is 10.2 Å². The first-order chi connectivity index (χ1) is 5.20. The minimum absolute atomic E-state index is 0.0935. The number of carbonyl (C=O) groups is 1. The van der Waals surface area contributed by atoms with Crippen LogP contribution >= 0.6 is 12.6 Å². The minimum atomic E-state index is 0.0935. The Kier molecular flexibility index (Phi) is 6.36. The van der Waals surface area contributed by atoms with Crippen LogP contribution in [0.15, 0.2) is 0 Å². The molecule has 0 aromatic carbocycles. The fourth-order valence-corrected chi connectivity index (χ4v) is 1.04. The highest BCUT2D eigenvalue weighted by molar-refractivity contribution is 7.80. The molecule has 0 rings (SSSR count). The van der Waals surface area contributed by atoms with E-state index in [1.165, 1.54) is 0 Å². The summed E-state index contributed by atoms with van der Waals surface area (Å²) in [5.41, 5.74) is 0. The van der Waals surface area contributed by atoms with E-state index in [-0.39, 0.29) is 5.91 Å². The Bertz CT molecular complexity index is 119. The molecule has 4 heteroatoms. The number of rotatable bonds is 5. The zero-order chi connectivity index (χ0) is 8.69. The Balaban J connectivity index is 3.29. The van der Waals surface area contributed by atoms with Crippen LogP contribution in [0.3, 0.4) is 0 Å². The van der Waals surface area contributed by atoms with E-state index in [2.05, 4.69) is 22.8 Å². The molecule has 0 saturated carbocycles. The van der Waals surface area contributed by atoms with Crippen LogP contribution in [0.25, 0.3) is 0 Å². The zero-order valence-electron chi connectivity index (χ0n) is 7.13. The second-order valence-electron chi connectivity index (χ2n) is 2.45. The first-order valence-electron chi connectivity index (χ1n) is 3.70. The Labute approximate surface area is 73.6 Å². The van der Waals surface area contributed by atoms with Crippen LogP contribution in [0.1, 0.15) is 6.42 Å². The Morgan fingerprint density at radius 3 is 2.64 bits per heavy atom. The van der Waals surface area contributed by atoms with Crippen LogP contribution in [0.2, 0.25) is 0 Å². The van der Waals surface area contributed by atoms with Crippen molar-refractivity contribution >= 4 is 18.5 Å². The number of hydrogen-bond donors (Lipinski definition) is 2. The summed E-state index contributed by atoms with van der Waals surface area (Å²) in [5.74, 6) is 0.931. The molecule has 0 aromatic heterocycles. The highest BCUT2D eigenvalue weighted by atomic mass is 32.1. The summed E-state index contributed by atoms with van der Waals surface area (Å²) in [6.07, 6.45) is 0.570. The van der Waals surface area contributed by atoms with Crippen LogP contribution in [-0.4, -0.2) is 43.7 Å². The predicted molar refractivity (Wildman–Crippen MR) is 50.0 cm³/mol. The van der Waals surface area contributed by atoms with Crippen molar-refractivity contribution in [2.75, 3.05) is 32.9 Å². The number of thiol groups is 1. The van der Waals surface area contributed by atoms with Crippen molar-refractivity contribution in [3.63, 3.8) is 0 Å². The first kappa shape index (κ1) is 10.8. The van der Waals surface area contributed by atoms with Gasteiger partial charge in [-0.3, -0.25) is 4.79 Å². The molecule has 0 saturated heterocycles. The smallest absolute Gasteiger partial charge is 0.221 e. The molecule has 0 aliphatic carbocycles. The van der Waals surface area contributed by atoms with Gasteiger partial charge in [0.2, 0.25) is 5.91 Å². The van der Waals surface area contributed by atoms with Gasteiger partial charge in [0.25, 0.3) is 0 Å². The summed E-state index contributed by atoms with van der Waals surface area (Å²) in [5, 5.41) is 2.58. The lowest BCUT2D eigenvalue weighted by molar-refractivity contribution is -0.120. The van der Waals surface area contributed by atoms with Gasteiger partial charge in [-0.15, -0.1) is 0 Å². The highest BCUT2D eigenvalue weighted by Crippen LogP contribution is 1.87. The molecular formula is C7H16N2OS. The molecule has 0 aliphatic heterocycles. The fourth-order valence-electron chi connectivity index (χ4n) is 0.700. The number of carbonyl (C=O) groups excluding carboxylic acids is 1. The van der Waals surface area contributed by atoms with Gasteiger partial charge < -0.3 is 10.2 Å². The maximum atomic E-state index is 10.8. The normalized spacial score (nSPS) is 10.2. The van der Waals surface area contributed by atoms with Gasteiger partial charge in [-0.2, -0.15) is 12.6 Å². The van der Waals surface area contributed by atoms with Gasteiger partial charge in [-0.05, 0) is 7.05 Å². The van der Waals surface area contributed by atoms with Gasteiger partial charge in [0.05, 0.1) is 0 Å². The van der Waals surface area contributed by atoms with E-state index in [9.17, 15) is 4.79 Å². The summed E-state index contributed by atoms with van der Waals surface area (Å²) >= 11 is 4.09. The molecule has 3 nitrogen and oxygen atoms in total. The molecule has 0 fully saturated rings. The molecule has 0 atom stereocenters. The van der Waals surface area contributed by atoms with E-state index < -0.39 is 0 Å². The van der Waals surface area contributed by atoms with E-state index in [1.807, 2.05) is 7.05 Å². The van der Waals surface area contributed by atoms with E-state index in [4.69, 9.17) is 0 Å². The molecule has 0 aliphatic rings. The molecule has 66 valence electrons. The zero-order valence-corrected chi connectivity index (χ0v) is 8.03. The summed E-state index contributed by atoms with van der Waals surface area (Å²) < 4.78 is 0. The molecule has 1 amide bonds. The van der Waals surface area contributed by atoms with Gasteiger partial charge in [-0.25, -0.2) is 0 Å². The van der Waals surface area contributed by atoms with Crippen LogP contribution in [0.5, 0.6) is 0 Å². The summed E-state index contributed by atoms with van der Waals surface area (Å²) in [4.78, 5) is 12.8. The maximum Gasteiger partial charge on any atom is 0.221 e. The number of amides is 1. The Hall–Kier alpha value is -0.220. The van der Waals surface area contributed by atoms with Crippen LogP contribution in [-0.2, 0) is 4.79 Å². The van der Waals surface area contributed by atoms with Gasteiger partial charge in [0, 0.05) is 32.3 Å². The van der Waals surface area contributed by atoms with Crippen LogP contribution < -0.4 is 5.32 Å². The molecule has 11 heavy (non-hydrogen) atoms. The quantitative estimate of drug-likeness (QED) is 0.577. The van der Waals surface area contributed by atoms with E-state index in [1.54, 1.807) is 7.05 Å². The molecule has 1 N–H and O–H groups in total. The lowest BCUT2D eigenvalue weighted by Crippen LogP contribution is -2.27. The van der Waals surface area contributed by atoms with Crippen molar-refractivity contribution in [3.8, 4) is 0 Å². The summed E-state index contributed by atoms with van der Waals surface area (Å²) in [6, 6.07) is 0. The van der Waals surface area contributed by atoms with Crippen LogP contribution in [0.4, 0.5) is 0 Å². The lowest BCUT2D eigenvalue weighted by Gasteiger charge is -2.13. The largest absolute Gasteiger partial charge is 0.359 e. The second kappa shape index (κ2) is 6.49. The molecule has 0 bridgehead atoms. The van der Waals surface area contributed by atoms with Gasteiger partial charge in [-0.1, -0.05) is 0 Å². The van der Waals surface area contributed by atoms with Crippen molar-refractivity contribution < 1.29 is 4.79 Å². The third-order valence-corrected chi connectivity index (χ3v) is 1.68. The molecule has 0 spiro atoms. The van der Waals surface area contributed by atoms with Crippen LogP contribution in [0, 0.1) is 0 Å². The van der Waals surface area contributed by atoms with Crippen molar-refractivity contribution in [1.29, 1.82) is 0 Å². The lowest BCUT2D eigenvalue weighted by atomic mass is 10.4. The molecule has 0 heterocycles. The van der Waals surface area contributed by atoms with E-state index >= 15 is 0 Å². The van der Waals surface area contributed by atoms with Gasteiger partial charge in [0.1, 0.15) is 0 Å². The molecule has 0 unspecified atom stereocenters. The van der Waals surface area contributed by atoms with Crippen molar-refractivity contribution in [2.45, 2.75) is 6.42 Å². The second-order valence-corrected chi connectivity index (χ2v) is 2.90. The monoisotopic (exact) mass is 176 g/mol. The fraction of sp³-hybridized carbons (Fsp3) is 0.857. The van der Waals surface area contributed by atoms with Gasteiger partial charge >= 0.3 is 0 Å². The first-order valence-corrected chi connectivity index (χ1v) is 4.34. The number of nitrogens with one attached hydrogen (secondary N) is 1. The summed E-state index contributed by atoms with van der Waals surface area (Å²) in [6.45, 7) is 1.74. The van der Waals surface area contributed by atoms with Gasteiger partial charge in [0.15, 0.2) is 0 Å². The highest BCUT2D eigenvalue weighted by Gasteiger charge is 2.00. The SMILES string of the molecule is CNC(=O)CCN(C)CCS. The number of hydrogen-bond acceptors (Lipinski definition) is 3. The number of nitrogens with zero attached hydrogens (tertiary/aromatic N) is 1. The third-order valence-electron chi connectivity index (χ3n) is 1.48. The molecular weight excluding hydrogens is 160 g/mol.